The normalized spacial score (nSPS) is 10.9. The number of para-hydroxylation sites is 1. The number of carbonyl (C=O) groups excluding carboxylic acids is 1. The summed E-state index contributed by atoms with van der Waals surface area (Å²) < 4.78 is 6.13. The average molecular weight is 412 g/mol. The molecule has 3 aromatic heterocycles. The van der Waals surface area contributed by atoms with Crippen LogP contribution < -0.4 is 10.9 Å². The van der Waals surface area contributed by atoms with Crippen LogP contribution in [0.1, 0.15) is 5.82 Å². The highest BCUT2D eigenvalue weighted by molar-refractivity contribution is 7.13. The van der Waals surface area contributed by atoms with Crippen LogP contribution in [-0.2, 0) is 11.3 Å². The molecule has 7 nitrogen and oxygen atoms in total. The summed E-state index contributed by atoms with van der Waals surface area (Å²) in [5, 5.41) is 3.14. The van der Waals surface area contributed by atoms with E-state index in [4.69, 9.17) is 11.6 Å². The van der Waals surface area contributed by atoms with E-state index < -0.39 is 0 Å². The molecule has 0 aliphatic rings. The second-order valence-electron chi connectivity index (χ2n) is 6.02. The summed E-state index contributed by atoms with van der Waals surface area (Å²) in [5.74, 6) is 0.0700. The molecule has 28 heavy (non-hydrogen) atoms. The van der Waals surface area contributed by atoms with Gasteiger partial charge in [0.2, 0.25) is 5.91 Å². The Morgan fingerprint density at radius 3 is 2.71 bits per heavy atom. The van der Waals surface area contributed by atoms with Gasteiger partial charge in [-0.2, -0.15) is 4.37 Å². The molecule has 4 aromatic rings. The van der Waals surface area contributed by atoms with Crippen molar-refractivity contribution in [3.8, 4) is 11.3 Å². The number of aryl methyl sites for hydroxylation is 1. The number of nitrogens with zero attached hydrogens (tertiary/aromatic N) is 4. The van der Waals surface area contributed by atoms with E-state index in [1.54, 1.807) is 43.6 Å². The number of anilines is 1. The Morgan fingerprint density at radius 1 is 1.21 bits per heavy atom. The van der Waals surface area contributed by atoms with Crippen molar-refractivity contribution in [1.82, 2.24) is 18.9 Å². The molecule has 140 valence electrons. The fourth-order valence-corrected chi connectivity index (χ4v) is 3.78. The number of rotatable bonds is 4. The van der Waals surface area contributed by atoms with Gasteiger partial charge in [0.25, 0.3) is 5.56 Å². The molecular formula is C19H14ClN5O2S. The summed E-state index contributed by atoms with van der Waals surface area (Å²) in [6.07, 6.45) is 3.32. The predicted octanol–water partition coefficient (Wildman–Crippen LogP) is 3.52. The van der Waals surface area contributed by atoms with Crippen molar-refractivity contribution in [2.75, 3.05) is 5.32 Å². The molecule has 1 amide bonds. The van der Waals surface area contributed by atoms with Gasteiger partial charge >= 0.3 is 0 Å². The van der Waals surface area contributed by atoms with Gasteiger partial charge in [-0.3, -0.25) is 19.1 Å². The molecular weight excluding hydrogens is 398 g/mol. The van der Waals surface area contributed by atoms with E-state index in [0.717, 1.165) is 17.1 Å². The minimum atomic E-state index is -0.363. The molecule has 0 saturated carbocycles. The van der Waals surface area contributed by atoms with E-state index in [2.05, 4.69) is 19.7 Å². The fraction of sp³-hybridized carbons (Fsp3) is 0.105. The summed E-state index contributed by atoms with van der Waals surface area (Å²) in [4.78, 5) is 33.9. The van der Waals surface area contributed by atoms with E-state index in [-0.39, 0.29) is 18.0 Å². The lowest BCUT2D eigenvalue weighted by Gasteiger charge is -2.11. The summed E-state index contributed by atoms with van der Waals surface area (Å²) in [7, 11) is 0. The number of fused-ring (bicyclic) bond motifs is 1. The monoisotopic (exact) mass is 411 g/mol. The van der Waals surface area contributed by atoms with Crippen molar-refractivity contribution in [1.29, 1.82) is 0 Å². The Bertz CT molecular complexity index is 1240. The largest absolute Gasteiger partial charge is 0.323 e. The van der Waals surface area contributed by atoms with Gasteiger partial charge in [0.05, 0.1) is 10.7 Å². The molecule has 0 bridgehead atoms. The Hall–Kier alpha value is -3.10. The smallest absolute Gasteiger partial charge is 0.273 e. The Kier molecular flexibility index (Phi) is 4.89. The molecule has 0 spiro atoms. The molecule has 0 saturated heterocycles. The number of benzene rings is 1. The zero-order valence-electron chi connectivity index (χ0n) is 14.7. The molecule has 0 atom stereocenters. The number of carbonyl (C=O) groups is 1. The van der Waals surface area contributed by atoms with E-state index in [1.807, 2.05) is 12.1 Å². The number of pyridine rings is 1. The first-order chi connectivity index (χ1) is 13.5. The van der Waals surface area contributed by atoms with Crippen LogP contribution in [0.4, 0.5) is 5.69 Å². The third-order valence-corrected chi connectivity index (χ3v) is 5.33. The number of aromatic nitrogens is 4. The first-order valence-electron chi connectivity index (χ1n) is 8.36. The third kappa shape index (κ3) is 3.39. The maximum atomic E-state index is 12.9. The van der Waals surface area contributed by atoms with Crippen molar-refractivity contribution in [2.24, 2.45) is 0 Å². The maximum absolute atomic E-state index is 12.9. The molecule has 3 heterocycles. The van der Waals surface area contributed by atoms with E-state index in [9.17, 15) is 9.59 Å². The van der Waals surface area contributed by atoms with Gasteiger partial charge in [0, 0.05) is 18.0 Å². The average Bonchev–Trinajstić information content (AvgIpc) is 3.11. The SMILES string of the molecule is Cc1nc2c(-c3ccncc3)nsc2c(=O)n1CC(=O)Nc1ccccc1Cl. The highest BCUT2D eigenvalue weighted by Crippen LogP contribution is 2.27. The van der Waals surface area contributed by atoms with Crippen LogP contribution in [0.3, 0.4) is 0 Å². The summed E-state index contributed by atoms with van der Waals surface area (Å²) in [6, 6.07) is 10.5. The zero-order chi connectivity index (χ0) is 19.7. The Balaban J connectivity index is 1.68. The van der Waals surface area contributed by atoms with Crippen LogP contribution in [0.25, 0.3) is 21.5 Å². The van der Waals surface area contributed by atoms with Gasteiger partial charge in [-0.05, 0) is 42.7 Å². The third-order valence-electron chi connectivity index (χ3n) is 4.17. The molecule has 1 aromatic carbocycles. The van der Waals surface area contributed by atoms with Crippen LogP contribution in [0, 0.1) is 6.92 Å². The molecule has 0 radical (unpaired) electrons. The number of amides is 1. The Morgan fingerprint density at radius 2 is 1.96 bits per heavy atom. The lowest BCUT2D eigenvalue weighted by molar-refractivity contribution is -0.116. The maximum Gasteiger partial charge on any atom is 0.273 e. The second kappa shape index (κ2) is 7.49. The lowest BCUT2D eigenvalue weighted by atomic mass is 10.2. The van der Waals surface area contributed by atoms with Crippen molar-refractivity contribution in [2.45, 2.75) is 13.5 Å². The number of halogens is 1. The lowest BCUT2D eigenvalue weighted by Crippen LogP contribution is -2.29. The first-order valence-corrected chi connectivity index (χ1v) is 9.51. The number of hydrogen-bond acceptors (Lipinski definition) is 6. The first kappa shape index (κ1) is 18.3. The number of nitrogens with one attached hydrogen (secondary N) is 1. The summed E-state index contributed by atoms with van der Waals surface area (Å²) >= 11 is 7.14. The Labute approximate surface area is 168 Å². The van der Waals surface area contributed by atoms with Crippen molar-refractivity contribution in [3.05, 3.63) is 70.0 Å². The van der Waals surface area contributed by atoms with Crippen LogP contribution >= 0.6 is 23.1 Å². The standard InChI is InChI=1S/C19H14ClN5O2S/c1-11-22-17-16(12-6-8-21-9-7-12)24-28-18(17)19(27)25(11)10-15(26)23-14-5-3-2-4-13(14)20/h2-9H,10H2,1H3,(H,23,26). The molecule has 1 N–H and O–H groups in total. The molecule has 0 aliphatic carbocycles. The van der Waals surface area contributed by atoms with Gasteiger partial charge in [-0.25, -0.2) is 4.98 Å². The van der Waals surface area contributed by atoms with E-state index in [0.29, 0.717) is 32.4 Å². The summed E-state index contributed by atoms with van der Waals surface area (Å²) in [6.45, 7) is 1.53. The molecule has 0 unspecified atom stereocenters. The summed E-state index contributed by atoms with van der Waals surface area (Å²) in [5.41, 5.74) is 2.19. The van der Waals surface area contributed by atoms with Crippen LogP contribution in [0.5, 0.6) is 0 Å². The minimum Gasteiger partial charge on any atom is -0.323 e. The van der Waals surface area contributed by atoms with Gasteiger partial charge in [-0.15, -0.1) is 0 Å². The van der Waals surface area contributed by atoms with E-state index >= 15 is 0 Å². The molecule has 4 rings (SSSR count). The van der Waals surface area contributed by atoms with Crippen LogP contribution in [0.15, 0.2) is 53.6 Å². The van der Waals surface area contributed by atoms with Crippen molar-refractivity contribution < 1.29 is 4.79 Å². The molecule has 0 aliphatic heterocycles. The number of hydrogen-bond donors (Lipinski definition) is 1. The highest BCUT2D eigenvalue weighted by Gasteiger charge is 2.18. The quantitative estimate of drug-likeness (QED) is 0.555. The minimum absolute atomic E-state index is 0.165. The van der Waals surface area contributed by atoms with Crippen molar-refractivity contribution >= 4 is 44.9 Å². The van der Waals surface area contributed by atoms with Crippen LogP contribution in [-0.4, -0.2) is 24.8 Å². The van der Waals surface area contributed by atoms with Gasteiger partial charge < -0.3 is 5.32 Å². The second-order valence-corrected chi connectivity index (χ2v) is 7.20. The van der Waals surface area contributed by atoms with E-state index in [1.165, 1.54) is 4.57 Å². The van der Waals surface area contributed by atoms with Gasteiger partial charge in [-0.1, -0.05) is 23.7 Å². The fourth-order valence-electron chi connectivity index (χ4n) is 2.80. The molecule has 9 heteroatoms. The zero-order valence-corrected chi connectivity index (χ0v) is 16.3. The van der Waals surface area contributed by atoms with Gasteiger partial charge in [0.15, 0.2) is 0 Å². The highest BCUT2D eigenvalue weighted by atomic mass is 35.5. The molecule has 0 fully saturated rings. The van der Waals surface area contributed by atoms with Gasteiger partial charge in [0.1, 0.15) is 28.3 Å². The predicted molar refractivity (Wildman–Crippen MR) is 110 cm³/mol. The van der Waals surface area contributed by atoms with Crippen molar-refractivity contribution in [3.63, 3.8) is 0 Å². The van der Waals surface area contributed by atoms with Crippen LogP contribution in [0.2, 0.25) is 5.02 Å². The topological polar surface area (TPSA) is 89.8 Å².